The van der Waals surface area contributed by atoms with Gasteiger partial charge >= 0.3 is 6.36 Å². The second-order valence-corrected chi connectivity index (χ2v) is 6.37. The van der Waals surface area contributed by atoms with Gasteiger partial charge in [-0.3, -0.25) is 4.79 Å². The minimum absolute atomic E-state index is 0.0967. The van der Waals surface area contributed by atoms with Crippen LogP contribution in [0.2, 0.25) is 0 Å². The number of anilines is 1. The molecule has 0 bridgehead atoms. The van der Waals surface area contributed by atoms with E-state index in [4.69, 9.17) is 14.6 Å². The van der Waals surface area contributed by atoms with E-state index >= 15 is 0 Å². The number of aliphatic hydroxyl groups is 1. The average molecular weight is 423 g/mol. The van der Waals surface area contributed by atoms with Crippen molar-refractivity contribution in [1.29, 1.82) is 0 Å². The van der Waals surface area contributed by atoms with Gasteiger partial charge in [0.1, 0.15) is 12.4 Å². The Morgan fingerprint density at radius 3 is 2.67 bits per heavy atom. The lowest BCUT2D eigenvalue weighted by Gasteiger charge is -2.17. The topological polar surface area (TPSA) is 68.2 Å². The summed E-state index contributed by atoms with van der Waals surface area (Å²) in [6, 6.07) is 8.76. The molecule has 0 spiro atoms. The number of fused-ring (bicyclic) bond motifs is 1. The summed E-state index contributed by atoms with van der Waals surface area (Å²) in [5, 5.41) is 8.98. The maximum absolute atomic E-state index is 12.6. The van der Waals surface area contributed by atoms with Crippen LogP contribution in [0.1, 0.15) is 15.9 Å². The van der Waals surface area contributed by atoms with Crippen LogP contribution in [-0.2, 0) is 6.42 Å². The van der Waals surface area contributed by atoms with Gasteiger partial charge in [-0.05, 0) is 30.2 Å². The Hall–Kier alpha value is -3.20. The normalized spacial score (nSPS) is 13.4. The first kappa shape index (κ1) is 21.5. The monoisotopic (exact) mass is 423 g/mol. The molecule has 2 aromatic rings. The number of hydrogen-bond acceptors (Lipinski definition) is 6. The largest absolute Gasteiger partial charge is 0.573 e. The molecule has 0 amide bonds. The van der Waals surface area contributed by atoms with Crippen LogP contribution in [-0.4, -0.2) is 44.1 Å². The fourth-order valence-corrected chi connectivity index (χ4v) is 3.13. The van der Waals surface area contributed by atoms with Crippen molar-refractivity contribution >= 4 is 11.5 Å². The molecular weight excluding hydrogens is 403 g/mol. The van der Waals surface area contributed by atoms with Crippen LogP contribution < -0.4 is 19.1 Å². The maximum atomic E-state index is 12.6. The Kier molecular flexibility index (Phi) is 6.51. The van der Waals surface area contributed by atoms with Gasteiger partial charge in [0.2, 0.25) is 0 Å². The molecule has 1 aliphatic rings. The number of nitrogens with zero attached hydrogens (tertiary/aromatic N) is 1. The molecule has 0 aromatic heterocycles. The first-order valence-corrected chi connectivity index (χ1v) is 9.11. The van der Waals surface area contributed by atoms with Crippen LogP contribution >= 0.6 is 0 Å². The van der Waals surface area contributed by atoms with Crippen LogP contribution in [0, 0.1) is 0 Å². The van der Waals surface area contributed by atoms with Gasteiger partial charge in [-0.2, -0.15) is 0 Å². The van der Waals surface area contributed by atoms with E-state index < -0.39 is 17.9 Å². The van der Waals surface area contributed by atoms with Crippen molar-refractivity contribution in [2.75, 3.05) is 31.8 Å². The van der Waals surface area contributed by atoms with Gasteiger partial charge in [-0.15, -0.1) is 13.2 Å². The number of benzene rings is 2. The molecule has 9 heteroatoms. The minimum atomic E-state index is -4.89. The van der Waals surface area contributed by atoms with Crippen molar-refractivity contribution in [3.63, 3.8) is 0 Å². The predicted molar refractivity (Wildman–Crippen MR) is 103 cm³/mol. The first-order chi connectivity index (χ1) is 14.3. The molecule has 0 aliphatic carbocycles. The van der Waals surface area contributed by atoms with Gasteiger partial charge in [0.15, 0.2) is 17.3 Å². The molecule has 160 valence electrons. The van der Waals surface area contributed by atoms with Crippen molar-refractivity contribution in [3.05, 3.63) is 59.8 Å². The molecule has 3 rings (SSSR count). The van der Waals surface area contributed by atoms with Crippen molar-refractivity contribution in [1.82, 2.24) is 0 Å². The molecule has 0 saturated carbocycles. The molecule has 30 heavy (non-hydrogen) atoms. The van der Waals surface area contributed by atoms with Crippen LogP contribution in [0.4, 0.5) is 18.9 Å². The number of methoxy groups -OCH3 is 1. The number of halogens is 3. The van der Waals surface area contributed by atoms with E-state index in [1.54, 1.807) is 11.0 Å². The molecule has 1 N–H and O–H groups in total. The van der Waals surface area contributed by atoms with E-state index in [-0.39, 0.29) is 18.8 Å². The van der Waals surface area contributed by atoms with E-state index in [0.29, 0.717) is 24.5 Å². The second-order valence-electron chi connectivity index (χ2n) is 6.37. The van der Waals surface area contributed by atoms with Gasteiger partial charge in [0.05, 0.1) is 19.3 Å². The zero-order valence-electron chi connectivity index (χ0n) is 16.1. The molecule has 0 saturated heterocycles. The molecular formula is C21H20F3NO5. The molecule has 0 atom stereocenters. The van der Waals surface area contributed by atoms with Crippen molar-refractivity contribution in [3.8, 4) is 17.2 Å². The lowest BCUT2D eigenvalue weighted by atomic mass is 10.1. The third-order valence-corrected chi connectivity index (χ3v) is 4.43. The molecule has 2 aromatic carbocycles. The van der Waals surface area contributed by atoms with Crippen molar-refractivity contribution < 1.29 is 37.3 Å². The summed E-state index contributed by atoms with van der Waals surface area (Å²) in [5.74, 6) is -0.192. The molecule has 0 unspecified atom stereocenters. The summed E-state index contributed by atoms with van der Waals surface area (Å²) in [7, 11) is 1.51. The Morgan fingerprint density at radius 1 is 1.20 bits per heavy atom. The van der Waals surface area contributed by atoms with Gasteiger partial charge in [0, 0.05) is 30.6 Å². The van der Waals surface area contributed by atoms with E-state index in [9.17, 15) is 18.0 Å². The Morgan fingerprint density at radius 2 is 1.97 bits per heavy atom. The third kappa shape index (κ3) is 5.04. The summed E-state index contributed by atoms with van der Waals surface area (Å²) < 4.78 is 52.5. The standard InChI is InChI=1S/C21H20F3NO5/c1-28-19-12-14-6-8-25(16(14)13-20(19)29-11-10-26)9-7-17(27)15-4-2-3-5-18(15)30-21(22,23)24/h2-5,7,9,12-13,26H,6,8,10-11H2,1H3. The predicted octanol–water partition coefficient (Wildman–Crippen LogP) is 3.72. The highest BCUT2D eigenvalue weighted by Crippen LogP contribution is 2.39. The fraction of sp³-hybridized carbons (Fsp3) is 0.286. The number of ether oxygens (including phenoxy) is 3. The third-order valence-electron chi connectivity index (χ3n) is 4.43. The molecule has 1 aliphatic heterocycles. The van der Waals surface area contributed by atoms with Gasteiger partial charge in [-0.1, -0.05) is 12.1 Å². The van der Waals surface area contributed by atoms with E-state index in [1.165, 1.54) is 37.6 Å². The summed E-state index contributed by atoms with van der Waals surface area (Å²) in [5.41, 5.74) is 1.57. The quantitative estimate of drug-likeness (QED) is 0.516. The van der Waals surface area contributed by atoms with Gasteiger partial charge in [-0.25, -0.2) is 0 Å². The van der Waals surface area contributed by atoms with Crippen LogP contribution in [0.5, 0.6) is 17.2 Å². The highest BCUT2D eigenvalue weighted by molar-refractivity contribution is 6.06. The lowest BCUT2D eigenvalue weighted by molar-refractivity contribution is -0.274. The number of carbonyl (C=O) groups is 1. The lowest BCUT2D eigenvalue weighted by Crippen LogP contribution is -2.19. The number of hydrogen-bond donors (Lipinski definition) is 1. The molecule has 0 radical (unpaired) electrons. The Balaban J connectivity index is 1.82. The summed E-state index contributed by atoms with van der Waals surface area (Å²) in [4.78, 5) is 14.3. The van der Waals surface area contributed by atoms with Gasteiger partial charge < -0.3 is 24.2 Å². The van der Waals surface area contributed by atoms with Crippen molar-refractivity contribution in [2.24, 2.45) is 0 Å². The smallest absolute Gasteiger partial charge is 0.493 e. The summed E-state index contributed by atoms with van der Waals surface area (Å²) in [6.45, 7) is 0.518. The number of alkyl halides is 3. The van der Waals surface area contributed by atoms with Crippen LogP contribution in [0.25, 0.3) is 0 Å². The Labute approximate surface area is 171 Å². The first-order valence-electron chi connectivity index (χ1n) is 9.11. The maximum Gasteiger partial charge on any atom is 0.573 e. The minimum Gasteiger partial charge on any atom is -0.493 e. The summed E-state index contributed by atoms with van der Waals surface area (Å²) in [6.07, 6.45) is -1.48. The number of rotatable bonds is 8. The van der Waals surface area contributed by atoms with Gasteiger partial charge in [0.25, 0.3) is 0 Å². The average Bonchev–Trinajstić information content (AvgIpc) is 3.10. The van der Waals surface area contributed by atoms with E-state index in [0.717, 1.165) is 17.3 Å². The van der Waals surface area contributed by atoms with Crippen molar-refractivity contribution in [2.45, 2.75) is 12.8 Å². The highest BCUT2D eigenvalue weighted by atomic mass is 19.4. The number of carbonyl (C=O) groups excluding carboxylic acids is 1. The van der Waals surface area contributed by atoms with E-state index in [2.05, 4.69) is 4.74 Å². The second kappa shape index (κ2) is 9.08. The van der Waals surface area contributed by atoms with E-state index in [1.807, 2.05) is 6.07 Å². The Bertz CT molecular complexity index is 943. The van der Waals surface area contributed by atoms with Crippen LogP contribution in [0.3, 0.4) is 0 Å². The summed E-state index contributed by atoms with van der Waals surface area (Å²) >= 11 is 0. The number of allylic oxidation sites excluding steroid dienone is 1. The number of aliphatic hydroxyl groups excluding tert-OH is 1. The zero-order chi connectivity index (χ0) is 21.7. The molecule has 6 nitrogen and oxygen atoms in total. The zero-order valence-corrected chi connectivity index (χ0v) is 16.1. The number of ketones is 1. The SMILES string of the molecule is COc1cc2c(cc1OCCO)N(C=CC(=O)c1ccccc1OC(F)(F)F)CC2. The fourth-order valence-electron chi connectivity index (χ4n) is 3.13. The highest BCUT2D eigenvalue weighted by Gasteiger charge is 2.32. The molecule has 0 fully saturated rings. The number of para-hydroxylation sites is 1. The molecule has 1 heterocycles. The van der Waals surface area contributed by atoms with Crippen LogP contribution in [0.15, 0.2) is 48.7 Å².